The second-order valence-electron chi connectivity index (χ2n) is 5.67. The summed E-state index contributed by atoms with van der Waals surface area (Å²) < 4.78 is 5.69. The van der Waals surface area contributed by atoms with Crippen molar-refractivity contribution in [2.75, 3.05) is 11.4 Å². The van der Waals surface area contributed by atoms with E-state index < -0.39 is 0 Å². The molecule has 0 saturated carbocycles. The Kier molecular flexibility index (Phi) is 3.78. The van der Waals surface area contributed by atoms with Gasteiger partial charge in [-0.15, -0.1) is 0 Å². The number of benzene rings is 2. The van der Waals surface area contributed by atoms with Crippen molar-refractivity contribution in [1.82, 2.24) is 9.88 Å². The molecule has 1 aromatic heterocycles. The Hall–Kier alpha value is -3.41. The van der Waals surface area contributed by atoms with Crippen molar-refractivity contribution in [2.45, 2.75) is 6.54 Å². The first kappa shape index (κ1) is 15.1. The van der Waals surface area contributed by atoms with Gasteiger partial charge in [-0.25, -0.2) is 9.78 Å². The number of hydrogen-bond donors (Lipinski definition) is 0. The maximum atomic E-state index is 12.6. The fraction of sp³-hybridized carbons (Fsp3) is 0.105. The van der Waals surface area contributed by atoms with Crippen LogP contribution in [0.1, 0.15) is 5.89 Å². The number of anilines is 1. The van der Waals surface area contributed by atoms with Crippen LogP contribution in [-0.2, 0) is 11.3 Å². The number of aromatic nitrogens is 1. The highest BCUT2D eigenvalue weighted by molar-refractivity contribution is 6.12. The second kappa shape index (κ2) is 6.24. The number of rotatable bonds is 4. The zero-order chi connectivity index (χ0) is 17.2. The third kappa shape index (κ3) is 2.89. The Bertz CT molecular complexity index is 906. The molecule has 25 heavy (non-hydrogen) atoms. The van der Waals surface area contributed by atoms with Crippen molar-refractivity contribution < 1.29 is 14.0 Å². The van der Waals surface area contributed by atoms with E-state index in [0.717, 1.165) is 10.5 Å². The van der Waals surface area contributed by atoms with E-state index in [1.165, 1.54) is 4.90 Å². The fourth-order valence-corrected chi connectivity index (χ4v) is 2.76. The molecule has 124 valence electrons. The molecule has 0 atom stereocenters. The van der Waals surface area contributed by atoms with Crippen LogP contribution in [0.2, 0.25) is 0 Å². The van der Waals surface area contributed by atoms with E-state index in [-0.39, 0.29) is 25.0 Å². The van der Waals surface area contributed by atoms with Crippen molar-refractivity contribution in [3.63, 3.8) is 0 Å². The van der Waals surface area contributed by atoms with Crippen molar-refractivity contribution >= 4 is 17.6 Å². The molecule has 0 aliphatic carbocycles. The number of amides is 3. The smallest absolute Gasteiger partial charge is 0.332 e. The first-order valence-electron chi connectivity index (χ1n) is 7.89. The third-order valence-electron chi connectivity index (χ3n) is 4.03. The zero-order valence-electron chi connectivity index (χ0n) is 13.3. The minimum Gasteiger partial charge on any atom is -0.439 e. The van der Waals surface area contributed by atoms with E-state index in [1.54, 1.807) is 18.3 Å². The van der Waals surface area contributed by atoms with Crippen LogP contribution in [0.4, 0.5) is 10.5 Å². The first-order chi connectivity index (χ1) is 12.2. The zero-order valence-corrected chi connectivity index (χ0v) is 13.3. The molecule has 0 unspecified atom stereocenters. The highest BCUT2D eigenvalue weighted by Gasteiger charge is 2.37. The molecule has 1 aliphatic heterocycles. The molecular weight excluding hydrogens is 318 g/mol. The molecule has 3 amide bonds. The molecule has 0 radical (unpaired) electrons. The number of carbonyl (C=O) groups is 2. The quantitative estimate of drug-likeness (QED) is 0.687. The summed E-state index contributed by atoms with van der Waals surface area (Å²) in [4.78, 5) is 31.6. The Morgan fingerprint density at radius 2 is 1.64 bits per heavy atom. The summed E-state index contributed by atoms with van der Waals surface area (Å²) in [6.45, 7) is 0.0446. The van der Waals surface area contributed by atoms with Crippen molar-refractivity contribution in [3.05, 3.63) is 72.8 Å². The summed E-state index contributed by atoms with van der Waals surface area (Å²) >= 11 is 0. The number of oxazole rings is 1. The SMILES string of the molecule is O=C1CN(c2ccccc2)C(=O)N1Cc1ncc(-c2ccccc2)o1. The van der Waals surface area contributed by atoms with Gasteiger partial charge >= 0.3 is 6.03 Å². The Labute approximate surface area is 144 Å². The standard InChI is InChI=1S/C19H15N3O3/c23-18-13-21(15-9-5-2-6-10-15)19(24)22(18)12-17-20-11-16(25-17)14-7-3-1-4-8-14/h1-11H,12-13H2. The van der Waals surface area contributed by atoms with E-state index in [1.807, 2.05) is 48.5 Å². The Morgan fingerprint density at radius 3 is 2.36 bits per heavy atom. The van der Waals surface area contributed by atoms with Gasteiger partial charge in [-0.1, -0.05) is 48.5 Å². The first-order valence-corrected chi connectivity index (χ1v) is 7.89. The van der Waals surface area contributed by atoms with Crippen LogP contribution in [0.15, 0.2) is 71.3 Å². The molecule has 0 bridgehead atoms. The molecular formula is C19H15N3O3. The molecule has 4 rings (SSSR count). The summed E-state index contributed by atoms with van der Waals surface area (Å²) in [5.74, 6) is 0.665. The summed E-state index contributed by atoms with van der Waals surface area (Å²) in [6, 6.07) is 18.3. The number of carbonyl (C=O) groups excluding carboxylic acids is 2. The average Bonchev–Trinajstić information content (AvgIpc) is 3.23. The Balaban J connectivity index is 1.52. The molecule has 1 aliphatic rings. The van der Waals surface area contributed by atoms with Gasteiger partial charge in [0.25, 0.3) is 5.91 Å². The number of urea groups is 1. The summed E-state index contributed by atoms with van der Waals surface area (Å²) in [5, 5.41) is 0. The van der Waals surface area contributed by atoms with E-state index >= 15 is 0 Å². The number of hydrogen-bond acceptors (Lipinski definition) is 4. The molecule has 0 spiro atoms. The minimum atomic E-state index is -0.365. The van der Waals surface area contributed by atoms with Crippen molar-refractivity contribution in [1.29, 1.82) is 0 Å². The van der Waals surface area contributed by atoms with Crippen LogP contribution in [0.25, 0.3) is 11.3 Å². The van der Waals surface area contributed by atoms with E-state index in [9.17, 15) is 9.59 Å². The lowest BCUT2D eigenvalue weighted by Gasteiger charge is -2.15. The van der Waals surface area contributed by atoms with Gasteiger partial charge in [0.15, 0.2) is 5.76 Å². The maximum absolute atomic E-state index is 12.6. The number of nitrogens with zero attached hydrogens (tertiary/aromatic N) is 3. The van der Waals surface area contributed by atoms with Gasteiger partial charge in [0, 0.05) is 11.3 Å². The van der Waals surface area contributed by atoms with Gasteiger partial charge in [0.05, 0.1) is 6.20 Å². The predicted octanol–water partition coefficient (Wildman–Crippen LogP) is 3.31. The largest absolute Gasteiger partial charge is 0.439 e. The average molecular weight is 333 g/mol. The van der Waals surface area contributed by atoms with E-state index in [2.05, 4.69) is 4.98 Å². The highest BCUT2D eigenvalue weighted by Crippen LogP contribution is 2.24. The monoisotopic (exact) mass is 333 g/mol. The van der Waals surface area contributed by atoms with E-state index in [0.29, 0.717) is 17.3 Å². The van der Waals surface area contributed by atoms with Gasteiger partial charge in [0.1, 0.15) is 13.1 Å². The van der Waals surface area contributed by atoms with Crippen molar-refractivity contribution in [2.24, 2.45) is 0 Å². The van der Waals surface area contributed by atoms with Crippen LogP contribution in [-0.4, -0.2) is 28.4 Å². The maximum Gasteiger partial charge on any atom is 0.332 e. The molecule has 2 heterocycles. The molecule has 2 aromatic carbocycles. The van der Waals surface area contributed by atoms with Crippen LogP contribution >= 0.6 is 0 Å². The van der Waals surface area contributed by atoms with Crippen molar-refractivity contribution in [3.8, 4) is 11.3 Å². The summed E-state index contributed by atoms with van der Waals surface area (Å²) in [7, 11) is 0. The molecule has 6 heteroatoms. The van der Waals surface area contributed by atoms with E-state index in [4.69, 9.17) is 4.42 Å². The van der Waals surface area contributed by atoms with Crippen LogP contribution in [0, 0.1) is 0 Å². The third-order valence-corrected chi connectivity index (χ3v) is 4.03. The predicted molar refractivity (Wildman–Crippen MR) is 91.7 cm³/mol. The molecule has 1 fully saturated rings. The fourth-order valence-electron chi connectivity index (χ4n) is 2.76. The Morgan fingerprint density at radius 1 is 0.960 bits per heavy atom. The number of imide groups is 1. The van der Waals surface area contributed by atoms with Gasteiger partial charge in [-0.3, -0.25) is 14.6 Å². The topological polar surface area (TPSA) is 66.7 Å². The van der Waals surface area contributed by atoms with Crippen LogP contribution < -0.4 is 4.90 Å². The van der Waals surface area contributed by atoms with Gasteiger partial charge in [-0.05, 0) is 12.1 Å². The minimum absolute atomic E-state index is 0.0217. The summed E-state index contributed by atoms with van der Waals surface area (Å²) in [5.41, 5.74) is 1.59. The molecule has 1 saturated heterocycles. The normalized spacial score (nSPS) is 14.4. The summed E-state index contributed by atoms with van der Waals surface area (Å²) in [6.07, 6.45) is 1.60. The lowest BCUT2D eigenvalue weighted by molar-refractivity contribution is -0.125. The van der Waals surface area contributed by atoms with Crippen LogP contribution in [0.3, 0.4) is 0 Å². The number of para-hydroxylation sites is 1. The van der Waals surface area contributed by atoms with Gasteiger partial charge in [-0.2, -0.15) is 0 Å². The molecule has 3 aromatic rings. The lowest BCUT2D eigenvalue weighted by Crippen LogP contribution is -2.32. The second-order valence-corrected chi connectivity index (χ2v) is 5.67. The van der Waals surface area contributed by atoms with Gasteiger partial charge in [0.2, 0.25) is 5.89 Å². The molecule has 6 nitrogen and oxygen atoms in total. The molecule has 0 N–H and O–H groups in total. The van der Waals surface area contributed by atoms with Crippen LogP contribution in [0.5, 0.6) is 0 Å². The lowest BCUT2D eigenvalue weighted by atomic mass is 10.2. The van der Waals surface area contributed by atoms with Gasteiger partial charge < -0.3 is 4.42 Å². The highest BCUT2D eigenvalue weighted by atomic mass is 16.4.